The molecule has 0 spiro atoms. The molecule has 5 heteroatoms. The lowest BCUT2D eigenvalue weighted by Gasteiger charge is -2.14. The Morgan fingerprint density at radius 2 is 1.95 bits per heavy atom. The summed E-state index contributed by atoms with van der Waals surface area (Å²) in [6.45, 7) is 1.91. The fraction of sp³-hybridized carbons (Fsp3) is 0.286. The van der Waals surface area contributed by atoms with Gasteiger partial charge in [0.1, 0.15) is 0 Å². The summed E-state index contributed by atoms with van der Waals surface area (Å²) in [4.78, 5) is 25.4. The SMILES string of the molecule is CCCC(=O)O[C@H](C(=O)c1cccs1)c1cccs1. The van der Waals surface area contributed by atoms with Gasteiger partial charge in [-0.05, 0) is 29.3 Å². The number of esters is 1. The third kappa shape index (κ3) is 3.52. The molecule has 2 heterocycles. The van der Waals surface area contributed by atoms with E-state index in [1.54, 1.807) is 6.07 Å². The molecule has 3 nitrogen and oxygen atoms in total. The molecule has 2 aromatic heterocycles. The van der Waals surface area contributed by atoms with Crippen LogP contribution in [-0.4, -0.2) is 11.8 Å². The first-order valence-electron chi connectivity index (χ1n) is 6.03. The monoisotopic (exact) mass is 294 g/mol. The van der Waals surface area contributed by atoms with Crippen molar-refractivity contribution < 1.29 is 14.3 Å². The number of thiophene rings is 2. The molecule has 0 bridgehead atoms. The number of rotatable bonds is 6. The first-order valence-corrected chi connectivity index (χ1v) is 7.79. The van der Waals surface area contributed by atoms with E-state index in [1.807, 2.05) is 35.9 Å². The number of hydrogen-bond acceptors (Lipinski definition) is 5. The molecule has 0 amide bonds. The van der Waals surface area contributed by atoms with Crippen LogP contribution in [0.2, 0.25) is 0 Å². The van der Waals surface area contributed by atoms with Gasteiger partial charge in [0.25, 0.3) is 0 Å². The van der Waals surface area contributed by atoms with Gasteiger partial charge in [-0.2, -0.15) is 0 Å². The van der Waals surface area contributed by atoms with Crippen LogP contribution in [0.1, 0.15) is 40.4 Å². The smallest absolute Gasteiger partial charge is 0.306 e. The maximum atomic E-state index is 12.4. The normalized spacial score (nSPS) is 12.1. The second kappa shape index (κ2) is 6.63. The minimum Gasteiger partial charge on any atom is -0.448 e. The molecule has 2 aromatic rings. The lowest BCUT2D eigenvalue weighted by atomic mass is 10.1. The third-order valence-corrected chi connectivity index (χ3v) is 4.31. The molecule has 0 saturated heterocycles. The van der Waals surface area contributed by atoms with Crippen molar-refractivity contribution in [2.24, 2.45) is 0 Å². The standard InChI is InChI=1S/C14H14O3S2/c1-2-5-12(15)17-14(11-7-4-9-19-11)13(16)10-6-3-8-18-10/h3-4,6-9,14H,2,5H2,1H3/t14-/m0/s1. The van der Waals surface area contributed by atoms with E-state index in [0.29, 0.717) is 17.7 Å². The van der Waals surface area contributed by atoms with Crippen LogP contribution < -0.4 is 0 Å². The van der Waals surface area contributed by atoms with Gasteiger partial charge in [0, 0.05) is 6.42 Å². The van der Waals surface area contributed by atoms with Crippen LogP contribution in [-0.2, 0) is 9.53 Å². The molecule has 1 atom stereocenters. The number of ketones is 1. The average molecular weight is 294 g/mol. The van der Waals surface area contributed by atoms with E-state index in [1.165, 1.54) is 22.7 Å². The summed E-state index contributed by atoms with van der Waals surface area (Å²) in [7, 11) is 0. The van der Waals surface area contributed by atoms with Crippen LogP contribution in [0.3, 0.4) is 0 Å². The quantitative estimate of drug-likeness (QED) is 0.595. The molecule has 0 aromatic carbocycles. The number of Topliss-reactive ketones (excluding diaryl/α,β-unsaturated/α-hetero) is 1. The Hall–Kier alpha value is -1.46. The molecular weight excluding hydrogens is 280 g/mol. The number of hydrogen-bond donors (Lipinski definition) is 0. The Labute approximate surface area is 119 Å². The summed E-state index contributed by atoms with van der Waals surface area (Å²) in [5.41, 5.74) is 0. The molecule has 0 saturated carbocycles. The Bertz CT molecular complexity index is 529. The summed E-state index contributed by atoms with van der Waals surface area (Å²) in [6, 6.07) is 7.24. The van der Waals surface area contributed by atoms with E-state index < -0.39 is 6.10 Å². The highest BCUT2D eigenvalue weighted by Crippen LogP contribution is 2.28. The molecule has 0 aliphatic carbocycles. The van der Waals surface area contributed by atoms with Crippen LogP contribution in [0.25, 0.3) is 0 Å². The molecule has 0 N–H and O–H groups in total. The van der Waals surface area contributed by atoms with Crippen molar-refractivity contribution in [3.05, 3.63) is 44.8 Å². The lowest BCUT2D eigenvalue weighted by Crippen LogP contribution is -2.18. The summed E-state index contributed by atoms with van der Waals surface area (Å²) in [5.74, 6) is -0.479. The van der Waals surface area contributed by atoms with E-state index in [9.17, 15) is 9.59 Å². The predicted octanol–water partition coefficient (Wildman–Crippen LogP) is 4.08. The lowest BCUT2D eigenvalue weighted by molar-refractivity contribution is -0.147. The van der Waals surface area contributed by atoms with Crippen molar-refractivity contribution in [2.75, 3.05) is 0 Å². The topological polar surface area (TPSA) is 43.4 Å². The van der Waals surface area contributed by atoms with Crippen LogP contribution in [0, 0.1) is 0 Å². The maximum Gasteiger partial charge on any atom is 0.306 e. The predicted molar refractivity (Wildman–Crippen MR) is 76.7 cm³/mol. The molecule has 2 rings (SSSR count). The van der Waals surface area contributed by atoms with E-state index in [2.05, 4.69) is 0 Å². The third-order valence-electron chi connectivity index (χ3n) is 2.51. The number of carbonyl (C=O) groups is 2. The first-order chi connectivity index (χ1) is 9.22. The largest absolute Gasteiger partial charge is 0.448 e. The van der Waals surface area contributed by atoms with Gasteiger partial charge in [0.2, 0.25) is 5.78 Å². The van der Waals surface area contributed by atoms with Crippen LogP contribution in [0.5, 0.6) is 0 Å². The number of carbonyl (C=O) groups excluding carboxylic acids is 2. The summed E-state index contributed by atoms with van der Waals surface area (Å²) in [6.07, 6.45) is 0.237. The van der Waals surface area contributed by atoms with Crippen molar-refractivity contribution in [1.29, 1.82) is 0 Å². The van der Waals surface area contributed by atoms with Gasteiger partial charge in [-0.3, -0.25) is 9.59 Å². The first kappa shape index (κ1) is 14.0. The molecule has 0 fully saturated rings. The van der Waals surface area contributed by atoms with Gasteiger partial charge in [-0.25, -0.2) is 0 Å². The Morgan fingerprint density at radius 3 is 2.53 bits per heavy atom. The van der Waals surface area contributed by atoms with Gasteiger partial charge in [0.15, 0.2) is 6.10 Å². The zero-order chi connectivity index (χ0) is 13.7. The van der Waals surface area contributed by atoms with Gasteiger partial charge in [0.05, 0.1) is 9.75 Å². The van der Waals surface area contributed by atoms with Crippen molar-refractivity contribution >= 4 is 34.4 Å². The van der Waals surface area contributed by atoms with E-state index >= 15 is 0 Å². The van der Waals surface area contributed by atoms with E-state index in [-0.39, 0.29) is 11.8 Å². The second-order valence-electron chi connectivity index (χ2n) is 3.98. The zero-order valence-corrected chi connectivity index (χ0v) is 12.1. The fourth-order valence-electron chi connectivity index (χ4n) is 1.62. The molecule has 0 unspecified atom stereocenters. The molecule has 19 heavy (non-hydrogen) atoms. The minimum absolute atomic E-state index is 0.151. The molecule has 100 valence electrons. The van der Waals surface area contributed by atoms with Crippen molar-refractivity contribution in [3.63, 3.8) is 0 Å². The van der Waals surface area contributed by atoms with Crippen molar-refractivity contribution in [1.82, 2.24) is 0 Å². The molecule has 0 aliphatic rings. The van der Waals surface area contributed by atoms with Gasteiger partial charge in [-0.15, -0.1) is 22.7 Å². The van der Waals surface area contributed by atoms with Gasteiger partial charge < -0.3 is 4.74 Å². The highest BCUT2D eigenvalue weighted by Gasteiger charge is 2.27. The number of ether oxygens (including phenoxy) is 1. The van der Waals surface area contributed by atoms with Crippen LogP contribution in [0.4, 0.5) is 0 Å². The fourth-order valence-corrected chi connectivity index (χ4v) is 3.06. The van der Waals surface area contributed by atoms with Gasteiger partial charge >= 0.3 is 5.97 Å². The van der Waals surface area contributed by atoms with Crippen molar-refractivity contribution in [3.8, 4) is 0 Å². The maximum absolute atomic E-state index is 12.4. The average Bonchev–Trinajstić information content (AvgIpc) is 3.07. The summed E-state index contributed by atoms with van der Waals surface area (Å²) < 4.78 is 5.35. The van der Waals surface area contributed by atoms with E-state index in [0.717, 1.165) is 4.88 Å². The summed E-state index contributed by atoms with van der Waals surface area (Å²) in [5, 5.41) is 3.71. The molecule has 0 radical (unpaired) electrons. The van der Waals surface area contributed by atoms with E-state index in [4.69, 9.17) is 4.74 Å². The Balaban J connectivity index is 2.20. The Morgan fingerprint density at radius 1 is 1.21 bits per heavy atom. The van der Waals surface area contributed by atoms with Crippen LogP contribution in [0.15, 0.2) is 35.0 Å². The molecule has 0 aliphatic heterocycles. The minimum atomic E-state index is -0.808. The zero-order valence-electron chi connectivity index (χ0n) is 10.5. The van der Waals surface area contributed by atoms with Gasteiger partial charge in [-0.1, -0.05) is 19.1 Å². The second-order valence-corrected chi connectivity index (χ2v) is 5.90. The highest BCUT2D eigenvalue weighted by atomic mass is 32.1. The Kier molecular flexibility index (Phi) is 4.87. The van der Waals surface area contributed by atoms with Crippen LogP contribution >= 0.6 is 22.7 Å². The van der Waals surface area contributed by atoms with Crippen molar-refractivity contribution in [2.45, 2.75) is 25.9 Å². The summed E-state index contributed by atoms with van der Waals surface area (Å²) >= 11 is 2.78. The molecular formula is C14H14O3S2. The highest BCUT2D eigenvalue weighted by molar-refractivity contribution is 7.12.